The Bertz CT molecular complexity index is 1850. The van der Waals surface area contributed by atoms with E-state index in [0.717, 1.165) is 28.1 Å². The Labute approximate surface area is 338 Å². The van der Waals surface area contributed by atoms with Crippen molar-refractivity contribution in [3.8, 4) is 33.4 Å². The number of nitrogens with one attached hydrogen (secondary N) is 1. The number of rotatable bonds is 9. The predicted molar refractivity (Wildman–Crippen MR) is 206 cm³/mol. The van der Waals surface area contributed by atoms with Crippen molar-refractivity contribution in [1.29, 1.82) is 0 Å². The largest absolute Gasteiger partial charge is 1.00 e. The average Bonchev–Trinajstić information content (AvgIpc) is 3.00. The minimum Gasteiger partial charge on any atom is -0.259 e. The molecule has 0 radical (unpaired) electrons. The second kappa shape index (κ2) is 16.4. The molecule has 1 N–H and O–H groups in total. The van der Waals surface area contributed by atoms with E-state index in [1.807, 2.05) is 0 Å². The van der Waals surface area contributed by atoms with Crippen LogP contribution >= 0.6 is 0 Å². The van der Waals surface area contributed by atoms with E-state index in [4.69, 9.17) is 10.6 Å². The van der Waals surface area contributed by atoms with Crippen LogP contribution in [0.5, 0.6) is 0 Å². The Morgan fingerprint density at radius 1 is 0.510 bits per heavy atom. The zero-order chi connectivity index (χ0) is 34.9. The first kappa shape index (κ1) is 38.9. The van der Waals surface area contributed by atoms with Gasteiger partial charge < -0.3 is 0 Å². The first-order chi connectivity index (χ1) is 22.8. The fraction of sp³-hybridized carbons (Fsp3) is 0.333. The van der Waals surface area contributed by atoms with E-state index in [2.05, 4.69) is 167 Å². The van der Waals surface area contributed by atoms with Crippen LogP contribution in [0.25, 0.3) is 38.8 Å². The number of nitrogens with zero attached hydrogens (tertiary/aromatic N) is 2. The number of benzene rings is 5. The van der Waals surface area contributed by atoms with Gasteiger partial charge in [0.2, 0.25) is 0 Å². The third-order valence-electron chi connectivity index (χ3n) is 9.58. The zero-order valence-corrected chi connectivity index (χ0v) is 35.3. The molecule has 49 heavy (non-hydrogen) atoms. The Kier molecular flexibility index (Phi) is 13.1. The normalized spacial score (nSPS) is 11.6. The first-order valence-electron chi connectivity index (χ1n) is 17.5. The van der Waals surface area contributed by atoms with Crippen LogP contribution < -0.4 is 56.5 Å². The fourth-order valence-corrected chi connectivity index (χ4v) is 7.47. The van der Waals surface area contributed by atoms with Crippen LogP contribution in [0.2, 0.25) is 0 Å². The molecule has 0 saturated heterocycles. The Hall–Kier alpha value is -2.86. The van der Waals surface area contributed by atoms with Gasteiger partial charge in [0.1, 0.15) is 0 Å². The summed E-state index contributed by atoms with van der Waals surface area (Å²) < 4.78 is 0. The maximum Gasteiger partial charge on any atom is 1.00 e. The van der Waals surface area contributed by atoms with Crippen LogP contribution in [-0.2, 0) is 0 Å². The van der Waals surface area contributed by atoms with Gasteiger partial charge in [0.05, 0.1) is 11.4 Å². The minimum atomic E-state index is 0. The summed E-state index contributed by atoms with van der Waals surface area (Å²) in [5.74, 6) is 1.20. The summed E-state index contributed by atoms with van der Waals surface area (Å²) in [4.78, 5) is 0. The number of aryl methyl sites for hydroxylation is 6. The van der Waals surface area contributed by atoms with Crippen molar-refractivity contribution in [2.75, 3.05) is 0 Å². The molecule has 0 atom stereocenters. The first-order valence-corrected chi connectivity index (χ1v) is 17.5. The molecule has 0 amide bonds. The van der Waals surface area contributed by atoms with Crippen molar-refractivity contribution in [3.63, 3.8) is 0 Å². The van der Waals surface area contributed by atoms with Gasteiger partial charge in [-0.25, -0.2) is 0 Å². The summed E-state index contributed by atoms with van der Waals surface area (Å²) in [5.41, 5.74) is 25.5. The molecule has 0 saturated carbocycles. The van der Waals surface area contributed by atoms with Gasteiger partial charge in [-0.3, -0.25) is 5.11 Å². The van der Waals surface area contributed by atoms with Crippen molar-refractivity contribution < 1.29 is 56.5 Å². The number of para-hydroxylation sites is 1. The van der Waals surface area contributed by atoms with Gasteiger partial charge in [0.25, 0.3) is 0 Å². The molecule has 3 nitrogen and oxygen atoms in total. The molecule has 0 unspecified atom stereocenters. The van der Waals surface area contributed by atoms with E-state index in [0.29, 0.717) is 17.8 Å². The van der Waals surface area contributed by atoms with Gasteiger partial charge in [0.15, 0.2) is 0 Å². The van der Waals surface area contributed by atoms with E-state index >= 15 is 0 Å². The summed E-state index contributed by atoms with van der Waals surface area (Å²) in [7, 11) is 0. The van der Waals surface area contributed by atoms with Gasteiger partial charge in [-0.2, -0.15) is 0 Å². The van der Waals surface area contributed by atoms with Crippen molar-refractivity contribution in [2.24, 2.45) is 5.22 Å². The molecule has 0 aliphatic rings. The number of hydrogen-bond acceptors (Lipinski definition) is 1. The predicted octanol–water partition coefficient (Wildman–Crippen LogP) is 9.70. The molecule has 0 aromatic heterocycles. The topological polar surface area (TPSA) is 40.4 Å². The molecule has 4 heteroatoms. The van der Waals surface area contributed by atoms with Gasteiger partial charge in [-0.05, 0) is 121 Å². The Morgan fingerprint density at radius 3 is 1.37 bits per heavy atom. The van der Waals surface area contributed by atoms with Crippen molar-refractivity contribution in [2.45, 2.75) is 101 Å². The van der Waals surface area contributed by atoms with Gasteiger partial charge >= 0.3 is 51.4 Å². The molecule has 5 aromatic carbocycles. The second-order valence-corrected chi connectivity index (χ2v) is 14.6. The van der Waals surface area contributed by atoms with E-state index < -0.39 is 0 Å². The molecular weight excluding hydrogens is 622 g/mol. The zero-order valence-electron chi connectivity index (χ0n) is 32.1. The van der Waals surface area contributed by atoms with Crippen LogP contribution in [0.4, 0.5) is 11.4 Å². The Balaban J connectivity index is 0.00000541. The van der Waals surface area contributed by atoms with Crippen molar-refractivity contribution in [3.05, 3.63) is 134 Å². The van der Waals surface area contributed by atoms with E-state index in [1.165, 1.54) is 66.8 Å². The second-order valence-electron chi connectivity index (χ2n) is 14.6. The standard InChI is InChI=1S/C45H52N3.K/c1-26(2)35-24-39(27(3)4)44(40(25-35)28(5)6)36-16-13-14-19-41(36)46-48-47-45-37(42-31(9)20-29(7)21-32(42)10)17-15-18-38(45)43-33(11)22-30(8)23-34(43)12;/h13-28H,1-12H3;/q-1;+1/p+1. The van der Waals surface area contributed by atoms with Crippen LogP contribution in [0.3, 0.4) is 0 Å². The molecule has 0 aliphatic heterocycles. The average molecular weight is 675 g/mol. The van der Waals surface area contributed by atoms with Crippen LogP contribution in [0.15, 0.2) is 84.1 Å². The van der Waals surface area contributed by atoms with Gasteiger partial charge in [-0.1, -0.05) is 131 Å². The van der Waals surface area contributed by atoms with Crippen LogP contribution in [0.1, 0.15) is 109 Å². The van der Waals surface area contributed by atoms with Gasteiger partial charge in [0, 0.05) is 16.7 Å². The third kappa shape index (κ3) is 8.38. The monoisotopic (exact) mass is 674 g/mol. The van der Waals surface area contributed by atoms with Crippen molar-refractivity contribution in [1.82, 2.24) is 0 Å². The molecule has 5 aromatic rings. The third-order valence-corrected chi connectivity index (χ3v) is 9.58. The molecule has 0 spiro atoms. The van der Waals surface area contributed by atoms with Crippen LogP contribution in [-0.4, -0.2) is 0 Å². The quantitative estimate of drug-likeness (QED) is 0.0919. The Morgan fingerprint density at radius 2 is 0.939 bits per heavy atom. The summed E-state index contributed by atoms with van der Waals surface area (Å²) >= 11 is 0. The minimum absolute atomic E-state index is 0. The summed E-state index contributed by atoms with van der Waals surface area (Å²) in [6, 6.07) is 28.9. The summed E-state index contributed by atoms with van der Waals surface area (Å²) in [5, 5.41) is 8.30. The molecule has 248 valence electrons. The van der Waals surface area contributed by atoms with E-state index in [1.54, 1.807) is 0 Å². The van der Waals surface area contributed by atoms with E-state index in [9.17, 15) is 0 Å². The number of hydrogen-bond donors (Lipinski definition) is 1. The maximum atomic E-state index is 4.94. The molecule has 0 fully saturated rings. The molecular formula is C45H53KN3+. The van der Waals surface area contributed by atoms with Gasteiger partial charge in [-0.15, -0.1) is 5.43 Å². The van der Waals surface area contributed by atoms with Crippen molar-refractivity contribution >= 4 is 11.4 Å². The maximum absolute atomic E-state index is 4.94. The molecule has 0 heterocycles. The SMILES string of the molecule is Cc1cc(C)c(-c2cccc(-c3c(C)cc(C)cc3C)c2[NH+]=N[N-]c2ccccc2-c2c(C(C)C)cc(C(C)C)cc2C(C)C)c(C)c1.[K+]. The fourth-order valence-electron chi connectivity index (χ4n) is 7.47. The smallest absolute Gasteiger partial charge is 0.259 e. The molecule has 0 bridgehead atoms. The summed E-state index contributed by atoms with van der Waals surface area (Å²) in [6.07, 6.45) is 0. The molecule has 5 rings (SSSR count). The summed E-state index contributed by atoms with van der Waals surface area (Å²) in [6.45, 7) is 26.9. The van der Waals surface area contributed by atoms with Crippen LogP contribution in [0, 0.1) is 41.5 Å². The molecule has 0 aliphatic carbocycles. The van der Waals surface area contributed by atoms with E-state index in [-0.39, 0.29) is 51.4 Å².